The molecule has 22 heavy (non-hydrogen) atoms. The van der Waals surface area contributed by atoms with Gasteiger partial charge in [0.25, 0.3) is 0 Å². The Balaban J connectivity index is 1.88. The van der Waals surface area contributed by atoms with E-state index in [0.717, 1.165) is 12.0 Å². The highest BCUT2D eigenvalue weighted by atomic mass is 35.5. The number of carbonyl (C=O) groups excluding carboxylic acids is 1. The Morgan fingerprint density at radius 1 is 1.50 bits per heavy atom. The second kappa shape index (κ2) is 6.96. The fourth-order valence-corrected chi connectivity index (χ4v) is 3.77. The number of aromatic nitrogens is 1. The monoisotopic (exact) mass is 344 g/mol. The predicted octanol–water partition coefficient (Wildman–Crippen LogP) is 2.99. The quantitative estimate of drug-likeness (QED) is 0.791. The first-order valence-electron chi connectivity index (χ1n) is 7.20. The van der Waals surface area contributed by atoms with E-state index in [2.05, 4.69) is 4.98 Å². The fraction of sp³-hybridized carbons (Fsp3) is 0.600. The maximum atomic E-state index is 12.4. The van der Waals surface area contributed by atoms with E-state index in [0.29, 0.717) is 24.0 Å². The van der Waals surface area contributed by atoms with E-state index in [4.69, 9.17) is 16.3 Å². The van der Waals surface area contributed by atoms with Gasteiger partial charge < -0.3 is 9.64 Å². The largest absolute Gasteiger partial charge is 0.444 e. The van der Waals surface area contributed by atoms with Crippen LogP contribution in [0.25, 0.3) is 0 Å². The Kier molecular flexibility index (Phi) is 5.45. The molecule has 2 atom stereocenters. The van der Waals surface area contributed by atoms with Crippen molar-refractivity contribution in [2.24, 2.45) is 0 Å². The highest BCUT2D eigenvalue weighted by Gasteiger charge is 2.32. The standard InChI is InChI=1S/C15H21ClN2O3S/c1-15(2,3)21-14(19)18-7-6-12(9-18)22(20)10-11-4-5-13(16)17-8-11/h4-5,8,12H,6-7,9-10H2,1-3H3/t12-,22+/m1/s1. The molecule has 0 spiro atoms. The summed E-state index contributed by atoms with van der Waals surface area (Å²) in [5.74, 6) is 0.428. The number of ether oxygens (including phenoxy) is 1. The summed E-state index contributed by atoms with van der Waals surface area (Å²) < 4.78 is 17.8. The number of hydrogen-bond acceptors (Lipinski definition) is 4. The second-order valence-corrected chi connectivity index (χ2v) is 8.46. The lowest BCUT2D eigenvalue weighted by molar-refractivity contribution is 0.0295. The van der Waals surface area contributed by atoms with Crippen molar-refractivity contribution in [2.45, 2.75) is 43.8 Å². The highest BCUT2D eigenvalue weighted by Crippen LogP contribution is 2.20. The van der Waals surface area contributed by atoms with E-state index in [-0.39, 0.29) is 11.3 Å². The highest BCUT2D eigenvalue weighted by molar-refractivity contribution is 7.84. The van der Waals surface area contributed by atoms with Gasteiger partial charge in [-0.05, 0) is 38.8 Å². The maximum Gasteiger partial charge on any atom is 0.410 e. The van der Waals surface area contributed by atoms with Crippen LogP contribution in [0.4, 0.5) is 4.79 Å². The lowest BCUT2D eigenvalue weighted by Crippen LogP contribution is -2.36. The van der Waals surface area contributed by atoms with Gasteiger partial charge in [0.15, 0.2) is 0 Å². The topological polar surface area (TPSA) is 59.5 Å². The summed E-state index contributed by atoms with van der Waals surface area (Å²) >= 11 is 5.74. The van der Waals surface area contributed by atoms with Crippen molar-refractivity contribution in [1.82, 2.24) is 9.88 Å². The molecule has 5 nitrogen and oxygen atoms in total. The number of rotatable bonds is 3. The van der Waals surface area contributed by atoms with Gasteiger partial charge in [0, 0.05) is 30.1 Å². The summed E-state index contributed by atoms with van der Waals surface area (Å²) in [6.45, 7) is 6.57. The third kappa shape index (κ3) is 4.95. The molecule has 7 heteroatoms. The van der Waals surface area contributed by atoms with Crippen molar-refractivity contribution in [1.29, 1.82) is 0 Å². The molecule has 0 aromatic carbocycles. The Morgan fingerprint density at radius 2 is 2.23 bits per heavy atom. The molecule has 1 aromatic heterocycles. The van der Waals surface area contributed by atoms with E-state index in [1.807, 2.05) is 26.8 Å². The van der Waals surface area contributed by atoms with Crippen LogP contribution in [0, 0.1) is 0 Å². The minimum absolute atomic E-state index is 0.0248. The van der Waals surface area contributed by atoms with Crippen LogP contribution in [0.5, 0.6) is 0 Å². The zero-order valence-corrected chi connectivity index (χ0v) is 14.6. The molecule has 0 N–H and O–H groups in total. The Bertz CT molecular complexity index is 557. The van der Waals surface area contributed by atoms with Gasteiger partial charge in [0.05, 0.1) is 11.0 Å². The van der Waals surface area contributed by atoms with Crippen LogP contribution in [-0.2, 0) is 21.3 Å². The van der Waals surface area contributed by atoms with E-state index in [9.17, 15) is 9.00 Å². The molecule has 1 saturated heterocycles. The molecule has 1 aromatic rings. The molecule has 1 aliphatic rings. The number of nitrogens with zero attached hydrogens (tertiary/aromatic N) is 2. The molecule has 0 aliphatic carbocycles. The summed E-state index contributed by atoms with van der Waals surface area (Å²) in [6.07, 6.45) is 2.04. The zero-order valence-electron chi connectivity index (χ0n) is 13.0. The van der Waals surface area contributed by atoms with Gasteiger partial charge in [-0.3, -0.25) is 4.21 Å². The summed E-state index contributed by atoms with van der Waals surface area (Å²) in [5, 5.41) is 0.398. The molecular formula is C15H21ClN2O3S. The van der Waals surface area contributed by atoms with Crippen LogP contribution in [0.3, 0.4) is 0 Å². The average Bonchev–Trinajstić information content (AvgIpc) is 2.89. The van der Waals surface area contributed by atoms with Gasteiger partial charge in [-0.25, -0.2) is 9.78 Å². The van der Waals surface area contributed by atoms with E-state index in [1.54, 1.807) is 17.2 Å². The van der Waals surface area contributed by atoms with Gasteiger partial charge in [-0.2, -0.15) is 0 Å². The predicted molar refractivity (Wildman–Crippen MR) is 87.3 cm³/mol. The van der Waals surface area contributed by atoms with Gasteiger partial charge in [-0.15, -0.1) is 0 Å². The summed E-state index contributed by atoms with van der Waals surface area (Å²) in [5.41, 5.74) is 0.377. The number of pyridine rings is 1. The van der Waals surface area contributed by atoms with Crippen molar-refractivity contribution < 1.29 is 13.7 Å². The minimum Gasteiger partial charge on any atom is -0.444 e. The molecule has 1 aliphatic heterocycles. The minimum atomic E-state index is -1.05. The first kappa shape index (κ1) is 17.2. The molecule has 0 bridgehead atoms. The van der Waals surface area contributed by atoms with Crippen molar-refractivity contribution in [2.75, 3.05) is 13.1 Å². The number of hydrogen-bond donors (Lipinski definition) is 0. The van der Waals surface area contributed by atoms with Crippen molar-refractivity contribution in [3.63, 3.8) is 0 Å². The first-order chi connectivity index (χ1) is 10.2. The van der Waals surface area contributed by atoms with Crippen molar-refractivity contribution in [3.8, 4) is 0 Å². The lowest BCUT2D eigenvalue weighted by atomic mass is 10.2. The van der Waals surface area contributed by atoms with Crippen LogP contribution in [0.15, 0.2) is 18.3 Å². The van der Waals surface area contributed by atoms with Crippen LogP contribution < -0.4 is 0 Å². The Hall–Kier alpha value is -1.14. The van der Waals surface area contributed by atoms with Crippen LogP contribution in [0.2, 0.25) is 5.15 Å². The zero-order chi connectivity index (χ0) is 16.3. The van der Waals surface area contributed by atoms with Crippen LogP contribution in [0.1, 0.15) is 32.8 Å². The molecule has 0 radical (unpaired) electrons. The summed E-state index contributed by atoms with van der Waals surface area (Å²) in [4.78, 5) is 17.6. The third-order valence-electron chi connectivity index (χ3n) is 3.27. The molecular weight excluding hydrogens is 324 g/mol. The fourth-order valence-electron chi connectivity index (χ4n) is 2.21. The second-order valence-electron chi connectivity index (χ2n) is 6.35. The van der Waals surface area contributed by atoms with E-state index in [1.165, 1.54) is 0 Å². The Labute approximate surface area is 138 Å². The normalized spacial score (nSPS) is 20.0. The molecule has 2 heterocycles. The smallest absolute Gasteiger partial charge is 0.410 e. The van der Waals surface area contributed by atoms with Crippen LogP contribution >= 0.6 is 11.6 Å². The molecule has 0 unspecified atom stereocenters. The first-order valence-corrected chi connectivity index (χ1v) is 8.96. The average molecular weight is 345 g/mol. The SMILES string of the molecule is CC(C)(C)OC(=O)N1CC[C@@H]([S@@](=O)Cc2ccc(Cl)nc2)C1. The van der Waals surface area contributed by atoms with Crippen molar-refractivity contribution in [3.05, 3.63) is 29.0 Å². The lowest BCUT2D eigenvalue weighted by Gasteiger charge is -2.24. The maximum absolute atomic E-state index is 12.4. The number of halogens is 1. The van der Waals surface area contributed by atoms with Gasteiger partial charge in [0.1, 0.15) is 10.8 Å². The molecule has 0 saturated carbocycles. The number of carbonyl (C=O) groups is 1. The third-order valence-corrected chi connectivity index (χ3v) is 5.24. The van der Waals surface area contributed by atoms with Crippen molar-refractivity contribution >= 4 is 28.5 Å². The molecule has 2 rings (SSSR count). The van der Waals surface area contributed by atoms with Gasteiger partial charge in [-0.1, -0.05) is 17.7 Å². The van der Waals surface area contributed by atoms with E-state index < -0.39 is 16.4 Å². The van der Waals surface area contributed by atoms with Gasteiger partial charge >= 0.3 is 6.09 Å². The number of amides is 1. The van der Waals surface area contributed by atoms with Gasteiger partial charge in [0.2, 0.25) is 0 Å². The molecule has 1 fully saturated rings. The Morgan fingerprint density at radius 3 is 2.82 bits per heavy atom. The van der Waals surface area contributed by atoms with Crippen LogP contribution in [-0.4, -0.2) is 44.1 Å². The number of likely N-dealkylation sites (tertiary alicyclic amines) is 1. The summed E-state index contributed by atoms with van der Waals surface area (Å²) in [7, 11) is -1.05. The molecule has 1 amide bonds. The molecule has 122 valence electrons. The van der Waals surface area contributed by atoms with E-state index >= 15 is 0 Å². The summed E-state index contributed by atoms with van der Waals surface area (Å²) in [6, 6.07) is 3.52.